The zero-order chi connectivity index (χ0) is 24.3. The lowest BCUT2D eigenvalue weighted by Crippen LogP contribution is -2.33. The van der Waals surface area contributed by atoms with Crippen LogP contribution in [0.15, 0.2) is 71.6 Å². The van der Waals surface area contributed by atoms with Crippen molar-refractivity contribution in [2.45, 2.75) is 24.7 Å². The number of rotatable bonds is 6. The van der Waals surface area contributed by atoms with E-state index in [0.29, 0.717) is 35.7 Å². The van der Waals surface area contributed by atoms with Gasteiger partial charge in [0.2, 0.25) is 5.91 Å². The topological polar surface area (TPSA) is 105 Å². The largest absolute Gasteiger partial charge is 0.495 e. The summed E-state index contributed by atoms with van der Waals surface area (Å²) in [6.45, 7) is 2.13. The van der Waals surface area contributed by atoms with Gasteiger partial charge in [-0.15, -0.1) is 0 Å². The summed E-state index contributed by atoms with van der Waals surface area (Å²) in [5.41, 5.74) is 2.82. The van der Waals surface area contributed by atoms with Gasteiger partial charge in [-0.2, -0.15) is 0 Å². The Morgan fingerprint density at radius 3 is 2.44 bits per heavy atom. The van der Waals surface area contributed by atoms with Crippen LogP contribution < -0.4 is 19.7 Å². The highest BCUT2D eigenvalue weighted by Gasteiger charge is 2.23. The molecule has 1 aliphatic heterocycles. The Hall–Kier alpha value is -3.85. The zero-order valence-electron chi connectivity index (χ0n) is 18.9. The van der Waals surface area contributed by atoms with Crippen LogP contribution in [0.4, 0.5) is 17.1 Å². The van der Waals surface area contributed by atoms with Crippen LogP contribution in [0.2, 0.25) is 0 Å². The predicted octanol–water partition coefficient (Wildman–Crippen LogP) is 4.05. The van der Waals surface area contributed by atoms with Crippen LogP contribution in [0.25, 0.3) is 0 Å². The Morgan fingerprint density at radius 2 is 1.74 bits per heavy atom. The molecule has 4 rings (SSSR count). The van der Waals surface area contributed by atoms with Gasteiger partial charge in [-0.05, 0) is 73.0 Å². The Bertz CT molecular complexity index is 1340. The van der Waals surface area contributed by atoms with Crippen molar-refractivity contribution in [1.29, 1.82) is 0 Å². The highest BCUT2D eigenvalue weighted by molar-refractivity contribution is 7.92. The van der Waals surface area contributed by atoms with E-state index in [2.05, 4.69) is 10.0 Å². The van der Waals surface area contributed by atoms with Crippen molar-refractivity contribution in [3.8, 4) is 5.75 Å². The normalized spacial score (nSPS) is 13.1. The molecule has 0 fully saturated rings. The second kappa shape index (κ2) is 9.56. The summed E-state index contributed by atoms with van der Waals surface area (Å²) in [7, 11) is -2.32. The minimum Gasteiger partial charge on any atom is -0.495 e. The average molecular weight is 480 g/mol. The number of methoxy groups -OCH3 is 1. The van der Waals surface area contributed by atoms with Gasteiger partial charge in [-0.1, -0.05) is 12.1 Å². The molecule has 2 N–H and O–H groups in total. The Balaban J connectivity index is 1.49. The molecule has 9 heteroatoms. The number of carbonyl (C=O) groups is 2. The highest BCUT2D eigenvalue weighted by atomic mass is 32.2. The van der Waals surface area contributed by atoms with Gasteiger partial charge in [0.25, 0.3) is 15.9 Å². The summed E-state index contributed by atoms with van der Waals surface area (Å²) in [5, 5.41) is 2.78. The van der Waals surface area contributed by atoms with Gasteiger partial charge in [0.1, 0.15) is 5.75 Å². The molecule has 0 aromatic heterocycles. The number of fused-ring (bicyclic) bond motifs is 1. The molecule has 8 nitrogen and oxygen atoms in total. The van der Waals surface area contributed by atoms with Crippen molar-refractivity contribution in [2.75, 3.05) is 28.6 Å². The van der Waals surface area contributed by atoms with Crippen molar-refractivity contribution >= 4 is 38.9 Å². The first-order valence-electron chi connectivity index (χ1n) is 10.8. The first kappa shape index (κ1) is 23.3. The third-order valence-electron chi connectivity index (χ3n) is 5.61. The van der Waals surface area contributed by atoms with E-state index < -0.39 is 10.0 Å². The first-order chi connectivity index (χ1) is 16.3. The van der Waals surface area contributed by atoms with Crippen LogP contribution in [0.3, 0.4) is 0 Å². The smallest absolute Gasteiger partial charge is 0.261 e. The van der Waals surface area contributed by atoms with Crippen LogP contribution >= 0.6 is 0 Å². The molecule has 0 aliphatic carbocycles. The van der Waals surface area contributed by atoms with Gasteiger partial charge in [-0.25, -0.2) is 8.42 Å². The minimum absolute atomic E-state index is 0.0653. The standard InChI is InChI=1S/C25H25N3O5S/c1-17(29)28-15-5-6-19-16-21(13-14-23(19)28)34(31,32)27-20-11-9-18(10-12-20)25(30)26-22-7-3-4-8-24(22)33-2/h3-4,7-14,16,27H,5-6,15H2,1-2H3,(H,26,30). The average Bonchev–Trinajstić information content (AvgIpc) is 2.83. The summed E-state index contributed by atoms with van der Waals surface area (Å²) in [6, 6.07) is 18.0. The summed E-state index contributed by atoms with van der Waals surface area (Å²) in [6.07, 6.45) is 1.49. The number of anilines is 3. The molecule has 3 aromatic rings. The first-order valence-corrected chi connectivity index (χ1v) is 12.2. The number of sulfonamides is 1. The van der Waals surface area contributed by atoms with Crippen LogP contribution in [-0.4, -0.2) is 33.9 Å². The number of aryl methyl sites for hydroxylation is 1. The van der Waals surface area contributed by atoms with Gasteiger partial charge in [-0.3, -0.25) is 14.3 Å². The number of nitrogens with zero attached hydrogens (tertiary/aromatic N) is 1. The van der Waals surface area contributed by atoms with Crippen molar-refractivity contribution in [3.05, 3.63) is 77.9 Å². The van der Waals surface area contributed by atoms with E-state index in [4.69, 9.17) is 4.74 Å². The number of nitrogens with one attached hydrogen (secondary N) is 2. The summed E-state index contributed by atoms with van der Waals surface area (Å²) >= 11 is 0. The molecule has 0 spiro atoms. The molecule has 0 atom stereocenters. The van der Waals surface area contributed by atoms with Gasteiger partial charge in [0.15, 0.2) is 0 Å². The third kappa shape index (κ3) is 4.89. The molecule has 0 saturated carbocycles. The predicted molar refractivity (Wildman–Crippen MR) is 131 cm³/mol. The van der Waals surface area contributed by atoms with Crippen molar-refractivity contribution in [2.24, 2.45) is 0 Å². The fourth-order valence-electron chi connectivity index (χ4n) is 3.91. The molecule has 34 heavy (non-hydrogen) atoms. The van der Waals surface area contributed by atoms with E-state index in [-0.39, 0.29) is 16.7 Å². The summed E-state index contributed by atoms with van der Waals surface area (Å²) < 4.78 is 33.7. The maximum Gasteiger partial charge on any atom is 0.261 e. The molecule has 2 amide bonds. The highest BCUT2D eigenvalue weighted by Crippen LogP contribution is 2.30. The number of benzene rings is 3. The monoisotopic (exact) mass is 479 g/mol. The molecule has 1 heterocycles. The fourth-order valence-corrected chi connectivity index (χ4v) is 5.02. The van der Waals surface area contributed by atoms with Gasteiger partial charge in [0.05, 0.1) is 17.7 Å². The maximum absolute atomic E-state index is 12.9. The Kier molecular flexibility index (Phi) is 6.56. The minimum atomic E-state index is -3.85. The molecular formula is C25H25N3O5S. The van der Waals surface area contributed by atoms with Crippen LogP contribution in [0.1, 0.15) is 29.3 Å². The van der Waals surface area contributed by atoms with Crippen molar-refractivity contribution in [1.82, 2.24) is 0 Å². The van der Waals surface area contributed by atoms with E-state index in [1.165, 1.54) is 32.2 Å². The van der Waals surface area contributed by atoms with E-state index >= 15 is 0 Å². The number of ether oxygens (including phenoxy) is 1. The molecule has 0 radical (unpaired) electrons. The van der Waals surface area contributed by atoms with E-state index in [9.17, 15) is 18.0 Å². The van der Waals surface area contributed by atoms with Gasteiger partial charge in [0, 0.05) is 30.4 Å². The van der Waals surface area contributed by atoms with E-state index in [0.717, 1.165) is 17.7 Å². The van der Waals surface area contributed by atoms with E-state index in [1.807, 2.05) is 0 Å². The number of hydrogen-bond acceptors (Lipinski definition) is 5. The number of amides is 2. The van der Waals surface area contributed by atoms with Crippen LogP contribution in [-0.2, 0) is 21.2 Å². The molecule has 0 saturated heterocycles. The Morgan fingerprint density at radius 1 is 1.00 bits per heavy atom. The van der Waals surface area contributed by atoms with Gasteiger partial charge < -0.3 is 15.0 Å². The lowest BCUT2D eigenvalue weighted by molar-refractivity contribution is -0.116. The molecule has 0 bridgehead atoms. The van der Waals surface area contributed by atoms with Crippen LogP contribution in [0, 0.1) is 0 Å². The molecule has 3 aromatic carbocycles. The van der Waals surface area contributed by atoms with Crippen LogP contribution in [0.5, 0.6) is 5.75 Å². The van der Waals surface area contributed by atoms with Gasteiger partial charge >= 0.3 is 0 Å². The van der Waals surface area contributed by atoms with Crippen molar-refractivity contribution < 1.29 is 22.7 Å². The lowest BCUT2D eigenvalue weighted by Gasteiger charge is -2.28. The zero-order valence-corrected chi connectivity index (χ0v) is 19.7. The SMILES string of the molecule is COc1ccccc1NC(=O)c1ccc(NS(=O)(=O)c2ccc3c(c2)CCCN3C(C)=O)cc1. The molecular weight excluding hydrogens is 454 g/mol. The maximum atomic E-state index is 12.9. The number of hydrogen-bond donors (Lipinski definition) is 2. The lowest BCUT2D eigenvalue weighted by atomic mass is 10.0. The second-order valence-corrected chi connectivity index (χ2v) is 9.58. The summed E-state index contributed by atoms with van der Waals surface area (Å²) in [4.78, 5) is 26.2. The molecule has 1 aliphatic rings. The number of carbonyl (C=O) groups excluding carboxylic acids is 2. The fraction of sp³-hybridized carbons (Fsp3) is 0.200. The second-order valence-electron chi connectivity index (χ2n) is 7.90. The summed E-state index contributed by atoms with van der Waals surface area (Å²) in [5.74, 6) is 0.129. The number of para-hydroxylation sites is 2. The quantitative estimate of drug-likeness (QED) is 0.555. The third-order valence-corrected chi connectivity index (χ3v) is 6.99. The molecule has 176 valence electrons. The van der Waals surface area contributed by atoms with E-state index in [1.54, 1.807) is 53.4 Å². The van der Waals surface area contributed by atoms with Crippen molar-refractivity contribution in [3.63, 3.8) is 0 Å². The Labute approximate surface area is 198 Å². The molecule has 0 unspecified atom stereocenters.